The number of hydrogen-bond donors (Lipinski definition) is 0. The van der Waals surface area contributed by atoms with Crippen molar-refractivity contribution >= 4 is 17.3 Å². The van der Waals surface area contributed by atoms with Crippen molar-refractivity contribution in [3.8, 4) is 34.7 Å². The van der Waals surface area contributed by atoms with Gasteiger partial charge in [0.05, 0.1) is 22.8 Å². The minimum Gasteiger partial charge on any atom is -0.276 e. The van der Waals surface area contributed by atoms with Crippen molar-refractivity contribution in [1.29, 1.82) is 10.5 Å². The van der Waals surface area contributed by atoms with Crippen LogP contribution >= 0.6 is 0 Å². The van der Waals surface area contributed by atoms with Crippen LogP contribution < -0.4 is 4.90 Å². The molecule has 7 heteroatoms. The quantitative estimate of drug-likeness (QED) is 0.286. The predicted octanol–water partition coefficient (Wildman–Crippen LogP) is 6.43. The second kappa shape index (κ2) is 10.1. The van der Waals surface area contributed by atoms with Crippen molar-refractivity contribution in [3.05, 3.63) is 114 Å². The van der Waals surface area contributed by atoms with Crippen LogP contribution in [0.15, 0.2) is 91.0 Å². The molecule has 0 saturated heterocycles. The maximum absolute atomic E-state index is 9.65. The fourth-order valence-electron chi connectivity index (χ4n) is 4.12. The number of aromatic nitrogens is 4. The number of para-hydroxylation sites is 1. The Labute approximate surface area is 215 Å². The van der Waals surface area contributed by atoms with E-state index in [4.69, 9.17) is 9.97 Å². The summed E-state index contributed by atoms with van der Waals surface area (Å²) in [4.78, 5) is 21.0. The lowest BCUT2D eigenvalue weighted by Crippen LogP contribution is -2.19. The molecule has 0 unspecified atom stereocenters. The van der Waals surface area contributed by atoms with Gasteiger partial charge < -0.3 is 0 Å². The van der Waals surface area contributed by atoms with Crippen molar-refractivity contribution in [3.63, 3.8) is 0 Å². The van der Waals surface area contributed by atoms with Crippen molar-refractivity contribution in [2.75, 3.05) is 4.90 Å². The predicted molar refractivity (Wildman–Crippen MR) is 142 cm³/mol. The second-order valence-electron chi connectivity index (χ2n) is 8.29. The van der Waals surface area contributed by atoms with Gasteiger partial charge in [0.25, 0.3) is 0 Å². The van der Waals surface area contributed by atoms with Gasteiger partial charge in [0.2, 0.25) is 0 Å². The topological polar surface area (TPSA) is 102 Å². The summed E-state index contributed by atoms with van der Waals surface area (Å²) in [5, 5.41) is 19.1. The number of nitriles is 2. The lowest BCUT2D eigenvalue weighted by atomic mass is 10.0. The Morgan fingerprint density at radius 3 is 1.51 bits per heavy atom. The van der Waals surface area contributed by atoms with E-state index in [1.807, 2.05) is 115 Å². The van der Waals surface area contributed by atoms with E-state index in [-0.39, 0.29) is 11.4 Å². The first-order valence-electron chi connectivity index (χ1n) is 11.6. The molecule has 0 aliphatic rings. The molecule has 7 nitrogen and oxygen atoms in total. The van der Waals surface area contributed by atoms with Gasteiger partial charge in [-0.1, -0.05) is 78.9 Å². The number of aryl methyl sites for hydroxylation is 2. The average molecular weight is 480 g/mol. The van der Waals surface area contributed by atoms with E-state index in [0.717, 1.165) is 22.5 Å². The highest BCUT2D eigenvalue weighted by molar-refractivity contribution is 5.82. The average Bonchev–Trinajstić information content (AvgIpc) is 2.96. The first-order valence-corrected chi connectivity index (χ1v) is 11.6. The first-order chi connectivity index (χ1) is 18.1. The van der Waals surface area contributed by atoms with E-state index < -0.39 is 0 Å². The number of rotatable bonds is 5. The Morgan fingerprint density at radius 2 is 0.973 bits per heavy atom. The highest BCUT2D eigenvalue weighted by Crippen LogP contribution is 2.38. The molecule has 0 N–H and O–H groups in total. The van der Waals surface area contributed by atoms with Gasteiger partial charge in [-0.3, -0.25) is 4.90 Å². The normalized spacial score (nSPS) is 10.4. The van der Waals surface area contributed by atoms with Crippen LogP contribution in [0.3, 0.4) is 0 Å². The fourth-order valence-corrected chi connectivity index (χ4v) is 4.12. The molecular formula is C30H21N7. The lowest BCUT2D eigenvalue weighted by molar-refractivity contribution is 1.000. The first kappa shape index (κ1) is 23.3. The van der Waals surface area contributed by atoms with Crippen LogP contribution in [0.25, 0.3) is 22.5 Å². The summed E-state index contributed by atoms with van der Waals surface area (Å²) in [6.07, 6.45) is 0. The van der Waals surface area contributed by atoms with E-state index >= 15 is 0 Å². The molecule has 176 valence electrons. The zero-order valence-electron chi connectivity index (χ0n) is 20.3. The standard InChI is InChI=1S/C30H21N7/c1-20-29(35-26(19-32)25(18-31)33-20)37(24-16-10-5-11-17-24)30-21(2)34-27(22-12-6-3-7-13-22)28(36-30)23-14-8-4-9-15-23/h3-17H,1-2H3. The molecule has 0 aliphatic carbocycles. The molecule has 0 amide bonds. The minimum atomic E-state index is -0.0427. The molecule has 0 fully saturated rings. The molecule has 0 atom stereocenters. The molecule has 0 bridgehead atoms. The fraction of sp³-hybridized carbons (Fsp3) is 0.0667. The highest BCUT2D eigenvalue weighted by Gasteiger charge is 2.25. The smallest absolute Gasteiger partial charge is 0.179 e. The molecule has 2 heterocycles. The van der Waals surface area contributed by atoms with Gasteiger partial charge in [0, 0.05) is 16.8 Å². The molecule has 0 saturated carbocycles. The van der Waals surface area contributed by atoms with Crippen LogP contribution in [0.4, 0.5) is 17.3 Å². The summed E-state index contributed by atoms with van der Waals surface area (Å²) in [7, 11) is 0. The zero-order chi connectivity index (χ0) is 25.8. The molecule has 37 heavy (non-hydrogen) atoms. The van der Waals surface area contributed by atoms with E-state index in [0.29, 0.717) is 28.7 Å². The molecule has 3 aromatic carbocycles. The number of nitrogens with zero attached hydrogens (tertiary/aromatic N) is 7. The molecular weight excluding hydrogens is 458 g/mol. The molecule has 5 aromatic rings. The number of anilines is 3. The Morgan fingerprint density at radius 1 is 0.541 bits per heavy atom. The molecule has 2 aromatic heterocycles. The van der Waals surface area contributed by atoms with E-state index in [9.17, 15) is 10.5 Å². The summed E-state index contributed by atoms with van der Waals surface area (Å²) in [5.74, 6) is 0.960. The van der Waals surface area contributed by atoms with Crippen molar-refractivity contribution in [1.82, 2.24) is 19.9 Å². The number of hydrogen-bond acceptors (Lipinski definition) is 7. The summed E-state index contributed by atoms with van der Waals surface area (Å²) in [6.45, 7) is 3.66. The monoisotopic (exact) mass is 479 g/mol. The van der Waals surface area contributed by atoms with Gasteiger partial charge in [-0.15, -0.1) is 0 Å². The Kier molecular flexibility index (Phi) is 6.35. The third kappa shape index (κ3) is 4.50. The largest absolute Gasteiger partial charge is 0.276 e. The summed E-state index contributed by atoms with van der Waals surface area (Å²) in [6, 6.07) is 33.4. The van der Waals surface area contributed by atoms with Crippen molar-refractivity contribution in [2.24, 2.45) is 0 Å². The molecule has 0 radical (unpaired) electrons. The van der Waals surface area contributed by atoms with Crippen LogP contribution in [-0.2, 0) is 0 Å². The Hall–Kier alpha value is -5.40. The van der Waals surface area contributed by atoms with Gasteiger partial charge in [0.15, 0.2) is 23.0 Å². The minimum absolute atomic E-state index is 0.0102. The summed E-state index contributed by atoms with van der Waals surface area (Å²) in [5.41, 5.74) is 5.24. The van der Waals surface area contributed by atoms with E-state index in [1.54, 1.807) is 6.92 Å². The highest BCUT2D eigenvalue weighted by atomic mass is 15.3. The van der Waals surface area contributed by atoms with Crippen LogP contribution in [0.1, 0.15) is 22.8 Å². The molecule has 0 spiro atoms. The van der Waals surface area contributed by atoms with Gasteiger partial charge >= 0.3 is 0 Å². The second-order valence-corrected chi connectivity index (χ2v) is 8.29. The van der Waals surface area contributed by atoms with Gasteiger partial charge in [-0.2, -0.15) is 10.5 Å². The zero-order valence-corrected chi connectivity index (χ0v) is 20.3. The van der Waals surface area contributed by atoms with Gasteiger partial charge in [-0.05, 0) is 26.0 Å². The molecule has 5 rings (SSSR count). The maximum atomic E-state index is 9.65. The van der Waals surface area contributed by atoms with Crippen LogP contribution in [0.5, 0.6) is 0 Å². The van der Waals surface area contributed by atoms with Crippen LogP contribution in [0.2, 0.25) is 0 Å². The number of benzene rings is 3. The Bertz CT molecular complexity index is 1650. The Balaban J connectivity index is 1.82. The maximum Gasteiger partial charge on any atom is 0.179 e. The van der Waals surface area contributed by atoms with Crippen LogP contribution in [0, 0.1) is 36.5 Å². The van der Waals surface area contributed by atoms with Crippen molar-refractivity contribution < 1.29 is 0 Å². The van der Waals surface area contributed by atoms with Gasteiger partial charge in [0.1, 0.15) is 12.1 Å². The summed E-state index contributed by atoms with van der Waals surface area (Å²) < 4.78 is 0. The van der Waals surface area contributed by atoms with Crippen molar-refractivity contribution in [2.45, 2.75) is 13.8 Å². The van der Waals surface area contributed by atoms with E-state index in [2.05, 4.69) is 9.97 Å². The third-order valence-corrected chi connectivity index (χ3v) is 5.83. The van der Waals surface area contributed by atoms with Gasteiger partial charge in [-0.25, -0.2) is 19.9 Å². The third-order valence-electron chi connectivity index (χ3n) is 5.83. The van der Waals surface area contributed by atoms with Crippen LogP contribution in [-0.4, -0.2) is 19.9 Å². The molecule has 0 aliphatic heterocycles. The lowest BCUT2D eigenvalue weighted by Gasteiger charge is -2.26. The van der Waals surface area contributed by atoms with E-state index in [1.165, 1.54) is 0 Å². The summed E-state index contributed by atoms with van der Waals surface area (Å²) >= 11 is 0. The SMILES string of the molecule is Cc1nc(C#N)c(C#N)nc1N(c1ccccc1)c1nc(-c2ccccc2)c(-c2ccccc2)nc1C.